The van der Waals surface area contributed by atoms with Gasteiger partial charge in [-0.2, -0.15) is 0 Å². The Balaban J connectivity index is 1.67. The van der Waals surface area contributed by atoms with Gasteiger partial charge < -0.3 is 10.6 Å². The molecule has 0 saturated carbocycles. The van der Waals surface area contributed by atoms with E-state index in [1.807, 2.05) is 0 Å². The van der Waals surface area contributed by atoms with Gasteiger partial charge in [-0.1, -0.05) is 0 Å². The fourth-order valence-electron chi connectivity index (χ4n) is 2.81. The molecular formula is C17H21F4N3O2. The van der Waals surface area contributed by atoms with Crippen LogP contribution in [-0.2, 0) is 4.79 Å². The van der Waals surface area contributed by atoms with Gasteiger partial charge in [0.05, 0.1) is 12.1 Å². The lowest BCUT2D eigenvalue weighted by Crippen LogP contribution is -2.46. The van der Waals surface area contributed by atoms with Crippen molar-refractivity contribution < 1.29 is 27.2 Å². The average molecular weight is 375 g/mol. The first-order valence-electron chi connectivity index (χ1n) is 8.38. The fourth-order valence-corrected chi connectivity index (χ4v) is 2.81. The summed E-state index contributed by atoms with van der Waals surface area (Å²) in [5, 5.41) is 5.20. The van der Waals surface area contributed by atoms with E-state index in [4.69, 9.17) is 0 Å². The molecule has 1 fully saturated rings. The first-order chi connectivity index (χ1) is 12.3. The van der Waals surface area contributed by atoms with Crippen molar-refractivity contribution in [1.82, 2.24) is 15.5 Å². The maximum absolute atomic E-state index is 13.5. The van der Waals surface area contributed by atoms with Gasteiger partial charge in [0.2, 0.25) is 5.91 Å². The number of carbonyl (C=O) groups excluding carboxylic acids is 2. The number of amides is 2. The minimum Gasteiger partial charge on any atom is -0.353 e. The highest BCUT2D eigenvalue weighted by Gasteiger charge is 2.22. The van der Waals surface area contributed by atoms with Crippen molar-refractivity contribution in [2.45, 2.75) is 31.7 Å². The van der Waals surface area contributed by atoms with Crippen molar-refractivity contribution in [3.05, 3.63) is 35.4 Å². The van der Waals surface area contributed by atoms with Crippen molar-refractivity contribution in [3.8, 4) is 0 Å². The molecule has 0 bridgehead atoms. The second-order valence-electron chi connectivity index (χ2n) is 6.16. The molecule has 9 heteroatoms. The quantitative estimate of drug-likeness (QED) is 0.716. The van der Waals surface area contributed by atoms with Crippen molar-refractivity contribution in [3.63, 3.8) is 0 Å². The predicted molar refractivity (Wildman–Crippen MR) is 86.9 cm³/mol. The minimum absolute atomic E-state index is 0.00567. The molecular weight excluding hydrogens is 354 g/mol. The molecule has 2 N–H and O–H groups in total. The summed E-state index contributed by atoms with van der Waals surface area (Å²) in [5.74, 6) is -2.76. The summed E-state index contributed by atoms with van der Waals surface area (Å²) in [5.41, 5.74) is -0.293. The average Bonchev–Trinajstić information content (AvgIpc) is 2.56. The molecule has 26 heavy (non-hydrogen) atoms. The van der Waals surface area contributed by atoms with E-state index in [0.29, 0.717) is 32.0 Å². The smallest absolute Gasteiger partial charge is 0.254 e. The van der Waals surface area contributed by atoms with E-state index in [9.17, 15) is 27.2 Å². The molecule has 1 heterocycles. The molecule has 1 aromatic rings. The summed E-state index contributed by atoms with van der Waals surface area (Å²) in [4.78, 5) is 25.3. The van der Waals surface area contributed by atoms with Gasteiger partial charge in [0.15, 0.2) is 0 Å². The number of carbonyl (C=O) groups is 2. The third-order valence-electron chi connectivity index (χ3n) is 4.16. The Labute approximate surface area is 148 Å². The van der Waals surface area contributed by atoms with Crippen molar-refractivity contribution >= 4 is 11.8 Å². The standard InChI is InChI=1S/C17H21F4N3O2/c18-11-1-2-13(14(19)9-11)17(26)22-6-3-16(25)23-12-4-7-24(8-5-12)10-15(20)21/h1-2,9,12,15H,3-8,10H2,(H,22,26)(H,23,25). The second kappa shape index (κ2) is 9.51. The zero-order chi connectivity index (χ0) is 19.1. The Morgan fingerprint density at radius 3 is 2.50 bits per heavy atom. The number of nitrogens with zero attached hydrogens (tertiary/aromatic N) is 1. The second-order valence-corrected chi connectivity index (χ2v) is 6.16. The molecule has 0 unspecified atom stereocenters. The molecule has 2 amide bonds. The van der Waals surface area contributed by atoms with E-state index < -0.39 is 24.0 Å². The van der Waals surface area contributed by atoms with Gasteiger partial charge in [0.25, 0.3) is 12.3 Å². The summed E-state index contributed by atoms with van der Waals surface area (Å²) < 4.78 is 50.9. The van der Waals surface area contributed by atoms with E-state index in [1.165, 1.54) is 0 Å². The third-order valence-corrected chi connectivity index (χ3v) is 4.16. The lowest BCUT2D eigenvalue weighted by atomic mass is 10.0. The number of rotatable bonds is 7. The van der Waals surface area contributed by atoms with Crippen LogP contribution in [0.15, 0.2) is 18.2 Å². The van der Waals surface area contributed by atoms with E-state index >= 15 is 0 Å². The van der Waals surface area contributed by atoms with E-state index in [2.05, 4.69) is 10.6 Å². The number of benzene rings is 1. The molecule has 2 rings (SSSR count). The maximum Gasteiger partial charge on any atom is 0.254 e. The summed E-state index contributed by atoms with van der Waals surface area (Å²) >= 11 is 0. The summed E-state index contributed by atoms with van der Waals surface area (Å²) in [6.07, 6.45) is -1.18. The van der Waals surface area contributed by atoms with Gasteiger partial charge >= 0.3 is 0 Å². The van der Waals surface area contributed by atoms with Crippen LogP contribution in [0, 0.1) is 11.6 Å². The zero-order valence-corrected chi connectivity index (χ0v) is 14.1. The number of hydrogen-bond donors (Lipinski definition) is 2. The largest absolute Gasteiger partial charge is 0.353 e. The SMILES string of the molecule is O=C(CCNC(=O)c1ccc(F)cc1F)NC1CCN(CC(F)F)CC1. The number of piperidine rings is 1. The van der Waals surface area contributed by atoms with Gasteiger partial charge in [-0.3, -0.25) is 14.5 Å². The monoisotopic (exact) mass is 375 g/mol. The van der Waals surface area contributed by atoms with Gasteiger partial charge in [0, 0.05) is 38.2 Å². The molecule has 0 spiro atoms. The molecule has 1 aliphatic heterocycles. The fraction of sp³-hybridized carbons (Fsp3) is 0.529. The van der Waals surface area contributed by atoms with Crippen molar-refractivity contribution in [2.75, 3.05) is 26.2 Å². The van der Waals surface area contributed by atoms with E-state index in [1.54, 1.807) is 4.90 Å². The highest BCUT2D eigenvalue weighted by atomic mass is 19.3. The Morgan fingerprint density at radius 1 is 1.19 bits per heavy atom. The first kappa shape index (κ1) is 20.2. The molecule has 1 saturated heterocycles. The third kappa shape index (κ3) is 6.29. The molecule has 1 aromatic carbocycles. The lowest BCUT2D eigenvalue weighted by molar-refractivity contribution is -0.122. The van der Waals surface area contributed by atoms with Crippen LogP contribution in [0.4, 0.5) is 17.6 Å². The van der Waals surface area contributed by atoms with Crippen LogP contribution >= 0.6 is 0 Å². The number of hydrogen-bond acceptors (Lipinski definition) is 3. The number of nitrogens with one attached hydrogen (secondary N) is 2. The Hall–Kier alpha value is -2.16. The maximum atomic E-state index is 13.5. The highest BCUT2D eigenvalue weighted by molar-refractivity contribution is 5.94. The predicted octanol–water partition coefficient (Wildman–Crippen LogP) is 1.93. The van der Waals surface area contributed by atoms with Crippen LogP contribution < -0.4 is 10.6 Å². The van der Waals surface area contributed by atoms with Gasteiger partial charge in [-0.15, -0.1) is 0 Å². The Morgan fingerprint density at radius 2 is 1.88 bits per heavy atom. The lowest BCUT2D eigenvalue weighted by Gasteiger charge is -2.32. The molecule has 0 radical (unpaired) electrons. The summed E-state index contributed by atoms with van der Waals surface area (Å²) in [7, 11) is 0. The molecule has 0 atom stereocenters. The first-order valence-corrected chi connectivity index (χ1v) is 8.38. The topological polar surface area (TPSA) is 61.4 Å². The van der Waals surface area contributed by atoms with Crippen LogP contribution in [0.2, 0.25) is 0 Å². The number of likely N-dealkylation sites (tertiary alicyclic amines) is 1. The van der Waals surface area contributed by atoms with Crippen LogP contribution in [-0.4, -0.2) is 55.4 Å². The Kier molecular flexibility index (Phi) is 7.38. The molecule has 5 nitrogen and oxygen atoms in total. The molecule has 0 aromatic heterocycles. The van der Waals surface area contributed by atoms with Crippen LogP contribution in [0.25, 0.3) is 0 Å². The molecule has 0 aliphatic carbocycles. The van der Waals surface area contributed by atoms with Crippen molar-refractivity contribution in [2.24, 2.45) is 0 Å². The number of halogens is 4. The zero-order valence-electron chi connectivity index (χ0n) is 14.1. The molecule has 144 valence electrons. The highest BCUT2D eigenvalue weighted by Crippen LogP contribution is 2.12. The van der Waals surface area contributed by atoms with Gasteiger partial charge in [0.1, 0.15) is 11.6 Å². The van der Waals surface area contributed by atoms with Gasteiger partial charge in [-0.25, -0.2) is 17.6 Å². The van der Waals surface area contributed by atoms with Crippen LogP contribution in [0.1, 0.15) is 29.6 Å². The molecule has 1 aliphatic rings. The van der Waals surface area contributed by atoms with E-state index in [-0.39, 0.29) is 37.0 Å². The van der Waals surface area contributed by atoms with Crippen molar-refractivity contribution in [1.29, 1.82) is 0 Å². The summed E-state index contributed by atoms with van der Waals surface area (Å²) in [6, 6.07) is 2.54. The minimum atomic E-state index is -2.37. The summed E-state index contributed by atoms with van der Waals surface area (Å²) in [6.45, 7) is 0.740. The number of alkyl halides is 2. The Bertz CT molecular complexity index is 634. The van der Waals surface area contributed by atoms with E-state index in [0.717, 1.165) is 12.1 Å². The van der Waals surface area contributed by atoms with Gasteiger partial charge in [-0.05, 0) is 25.0 Å². The van der Waals surface area contributed by atoms with Crippen LogP contribution in [0.3, 0.4) is 0 Å². The van der Waals surface area contributed by atoms with Crippen LogP contribution in [0.5, 0.6) is 0 Å². The normalized spacial score (nSPS) is 15.9.